The van der Waals surface area contributed by atoms with Crippen LogP contribution in [0.15, 0.2) is 18.2 Å². The molecule has 1 fully saturated rings. The number of allylic oxidation sites excluding steroid dienone is 2. The van der Waals surface area contributed by atoms with E-state index in [1.807, 2.05) is 0 Å². The van der Waals surface area contributed by atoms with Crippen molar-refractivity contribution in [1.82, 2.24) is 0 Å². The van der Waals surface area contributed by atoms with Crippen LogP contribution in [0.2, 0.25) is 5.02 Å². The van der Waals surface area contributed by atoms with E-state index in [1.54, 1.807) is 13.0 Å². The molecule has 2 N–H and O–H groups in total. The number of esters is 1. The molecule has 2 aliphatic rings. The molecule has 3 rings (SSSR count). The number of cyclic esters (lactones) is 1. The number of phenolic OH excluding ortho intramolecular Hbond substituents is 2. The number of carbonyl (C=O) groups is 2. The van der Waals surface area contributed by atoms with Crippen molar-refractivity contribution >= 4 is 23.4 Å². The van der Waals surface area contributed by atoms with Gasteiger partial charge in [0.1, 0.15) is 23.2 Å². The van der Waals surface area contributed by atoms with E-state index in [0.717, 1.165) is 12.5 Å². The second-order valence-corrected chi connectivity index (χ2v) is 6.75. The van der Waals surface area contributed by atoms with Crippen molar-refractivity contribution in [3.8, 4) is 11.5 Å². The van der Waals surface area contributed by atoms with E-state index >= 15 is 0 Å². The molecule has 0 radical (unpaired) electrons. The Morgan fingerprint density at radius 2 is 1.96 bits per heavy atom. The summed E-state index contributed by atoms with van der Waals surface area (Å²) >= 11 is 6.07. The maximum Gasteiger partial charge on any atom is 0.342 e. The molecule has 0 bridgehead atoms. The second-order valence-electron chi connectivity index (χ2n) is 6.37. The number of ketones is 1. The van der Waals surface area contributed by atoms with Crippen LogP contribution < -0.4 is 0 Å². The van der Waals surface area contributed by atoms with Crippen LogP contribution in [-0.4, -0.2) is 40.3 Å². The number of phenols is 2. The Bertz CT molecular complexity index is 742. The quantitative estimate of drug-likeness (QED) is 0.541. The zero-order chi connectivity index (χ0) is 18.1. The summed E-state index contributed by atoms with van der Waals surface area (Å²) in [6, 6.07) is 0.969. The smallest absolute Gasteiger partial charge is 0.342 e. The van der Waals surface area contributed by atoms with Crippen LogP contribution in [0.4, 0.5) is 0 Å². The number of benzene rings is 1. The first-order valence-corrected chi connectivity index (χ1v) is 8.53. The number of aromatic hydroxyl groups is 2. The lowest BCUT2D eigenvalue weighted by atomic mass is 9.99. The number of hydrogen-bond donors (Lipinski definition) is 2. The largest absolute Gasteiger partial charge is 0.507 e. The Labute approximate surface area is 150 Å². The van der Waals surface area contributed by atoms with E-state index in [9.17, 15) is 19.8 Å². The first-order valence-electron chi connectivity index (χ1n) is 8.16. The zero-order valence-electron chi connectivity index (χ0n) is 13.7. The van der Waals surface area contributed by atoms with E-state index < -0.39 is 23.6 Å². The lowest BCUT2D eigenvalue weighted by Crippen LogP contribution is -2.20. The molecule has 134 valence electrons. The molecule has 1 aromatic carbocycles. The lowest BCUT2D eigenvalue weighted by Gasteiger charge is -2.16. The molecule has 7 heteroatoms. The molecule has 0 aliphatic carbocycles. The molecule has 2 aliphatic heterocycles. The highest BCUT2D eigenvalue weighted by molar-refractivity contribution is 6.33. The molecule has 1 saturated heterocycles. The maximum atomic E-state index is 12.5. The Morgan fingerprint density at radius 3 is 2.72 bits per heavy atom. The van der Waals surface area contributed by atoms with Gasteiger partial charge < -0.3 is 19.7 Å². The fourth-order valence-electron chi connectivity index (χ4n) is 3.04. The molecule has 0 saturated carbocycles. The molecule has 2 heterocycles. The van der Waals surface area contributed by atoms with Crippen molar-refractivity contribution < 1.29 is 29.3 Å². The van der Waals surface area contributed by atoms with Crippen LogP contribution in [0.3, 0.4) is 0 Å². The van der Waals surface area contributed by atoms with Crippen LogP contribution in [0.1, 0.15) is 42.1 Å². The van der Waals surface area contributed by atoms with E-state index in [1.165, 1.54) is 6.08 Å². The molecule has 3 atom stereocenters. The minimum atomic E-state index is -0.784. The van der Waals surface area contributed by atoms with Crippen molar-refractivity contribution in [2.75, 3.05) is 0 Å². The minimum Gasteiger partial charge on any atom is -0.507 e. The van der Waals surface area contributed by atoms with Gasteiger partial charge in [0.05, 0.1) is 17.2 Å². The molecule has 6 nitrogen and oxygen atoms in total. The molecular formula is C18H19ClO6. The maximum absolute atomic E-state index is 12.5. The summed E-state index contributed by atoms with van der Waals surface area (Å²) in [5.74, 6) is -1.95. The summed E-state index contributed by atoms with van der Waals surface area (Å²) in [6.45, 7) is 1.74. The van der Waals surface area contributed by atoms with Gasteiger partial charge in [-0.3, -0.25) is 4.79 Å². The predicted octanol–water partition coefficient (Wildman–Crippen LogP) is 2.92. The van der Waals surface area contributed by atoms with Crippen LogP contribution in [0.25, 0.3) is 0 Å². The van der Waals surface area contributed by atoms with Crippen LogP contribution >= 0.6 is 11.6 Å². The fraction of sp³-hybridized carbons (Fsp3) is 0.444. The van der Waals surface area contributed by atoms with Gasteiger partial charge in [-0.15, -0.1) is 0 Å². The highest BCUT2D eigenvalue weighted by Gasteiger charge is 2.39. The summed E-state index contributed by atoms with van der Waals surface area (Å²) < 4.78 is 10.9. The van der Waals surface area contributed by atoms with Gasteiger partial charge in [0.15, 0.2) is 5.78 Å². The number of ether oxygens (including phenoxy) is 2. The van der Waals surface area contributed by atoms with Gasteiger partial charge >= 0.3 is 5.97 Å². The SMILES string of the molecule is C[C@@H]1C[C@H]2O[C@H]2CCC=CC(=O)Cc2c(Cl)c(O)cc(O)c2C(=O)O1. The second kappa shape index (κ2) is 7.06. The molecule has 1 aromatic rings. The van der Waals surface area contributed by atoms with Gasteiger partial charge in [-0.05, 0) is 25.8 Å². The predicted molar refractivity (Wildman–Crippen MR) is 90.0 cm³/mol. The molecule has 0 spiro atoms. The monoisotopic (exact) mass is 366 g/mol. The van der Waals surface area contributed by atoms with Gasteiger partial charge in [-0.25, -0.2) is 4.79 Å². The van der Waals surface area contributed by atoms with Crippen molar-refractivity contribution in [3.63, 3.8) is 0 Å². The number of hydrogen-bond acceptors (Lipinski definition) is 6. The third-order valence-corrected chi connectivity index (χ3v) is 4.78. The number of rotatable bonds is 0. The molecule has 25 heavy (non-hydrogen) atoms. The molecular weight excluding hydrogens is 348 g/mol. The Hall–Kier alpha value is -2.05. The summed E-state index contributed by atoms with van der Waals surface area (Å²) in [4.78, 5) is 24.7. The van der Waals surface area contributed by atoms with Crippen LogP contribution in [0, 0.1) is 0 Å². The standard InChI is InChI=1S/C18H19ClO6/c1-9-6-15-14(25-15)5-3-2-4-10(20)7-11-16(18(23)24-9)12(21)8-13(22)17(11)19/h2,4,8-9,14-15,21-22H,3,5-7H2,1H3/t9-,14+,15-/m1/s1. The van der Waals surface area contributed by atoms with Gasteiger partial charge in [0.2, 0.25) is 0 Å². The molecule has 0 aromatic heterocycles. The van der Waals surface area contributed by atoms with Crippen molar-refractivity contribution in [2.24, 2.45) is 0 Å². The lowest BCUT2D eigenvalue weighted by molar-refractivity contribution is -0.114. The van der Waals surface area contributed by atoms with E-state index in [-0.39, 0.29) is 40.6 Å². The number of fused-ring (bicyclic) bond motifs is 2. The Morgan fingerprint density at radius 1 is 1.20 bits per heavy atom. The van der Waals surface area contributed by atoms with Gasteiger partial charge in [-0.1, -0.05) is 17.7 Å². The highest BCUT2D eigenvalue weighted by atomic mass is 35.5. The highest BCUT2D eigenvalue weighted by Crippen LogP contribution is 2.38. The first-order chi connectivity index (χ1) is 11.9. The number of halogens is 1. The number of carbonyl (C=O) groups excluding carboxylic acids is 2. The zero-order valence-corrected chi connectivity index (χ0v) is 14.5. The summed E-state index contributed by atoms with van der Waals surface area (Å²) in [5, 5.41) is 19.8. The van der Waals surface area contributed by atoms with E-state index in [4.69, 9.17) is 21.1 Å². The summed E-state index contributed by atoms with van der Waals surface area (Å²) in [5.41, 5.74) is -0.134. The van der Waals surface area contributed by atoms with Crippen LogP contribution in [-0.2, 0) is 20.7 Å². The Kier molecular flexibility index (Phi) is 5.01. The van der Waals surface area contributed by atoms with Crippen LogP contribution in [0.5, 0.6) is 11.5 Å². The van der Waals surface area contributed by atoms with Gasteiger partial charge in [-0.2, -0.15) is 0 Å². The van der Waals surface area contributed by atoms with E-state index in [2.05, 4.69) is 0 Å². The van der Waals surface area contributed by atoms with Crippen molar-refractivity contribution in [2.45, 2.75) is 50.9 Å². The van der Waals surface area contributed by atoms with Crippen molar-refractivity contribution in [3.05, 3.63) is 34.4 Å². The average molecular weight is 367 g/mol. The molecule has 0 amide bonds. The first kappa shape index (κ1) is 17.8. The third-order valence-electron chi connectivity index (χ3n) is 4.36. The fourth-order valence-corrected chi connectivity index (χ4v) is 3.26. The normalized spacial score (nSPS) is 27.0. The van der Waals surface area contributed by atoms with Gasteiger partial charge in [0, 0.05) is 24.5 Å². The average Bonchev–Trinajstić information content (AvgIpc) is 3.25. The summed E-state index contributed by atoms with van der Waals surface area (Å²) in [6.07, 6.45) is 4.74. The van der Waals surface area contributed by atoms with Gasteiger partial charge in [0.25, 0.3) is 0 Å². The van der Waals surface area contributed by atoms with E-state index in [0.29, 0.717) is 12.8 Å². The summed E-state index contributed by atoms with van der Waals surface area (Å²) in [7, 11) is 0. The molecule has 0 unspecified atom stereocenters. The number of epoxide rings is 1. The Balaban J connectivity index is 1.98. The topological polar surface area (TPSA) is 96.4 Å². The van der Waals surface area contributed by atoms with Crippen molar-refractivity contribution in [1.29, 1.82) is 0 Å². The minimum absolute atomic E-state index is 0.0336. The third kappa shape index (κ3) is 3.96.